The standard InChI is InChI=1S/C12H17N3O4S/c1-2-19-12(16)9-5-4-8-15(9)20(17,18)10-6-3-7-14-11(10)13/h3,6-7,9H,2,4-5,8H2,1H3,(H2,13,14). The van der Waals surface area contributed by atoms with Crippen LogP contribution in [0.5, 0.6) is 0 Å². The zero-order valence-corrected chi connectivity index (χ0v) is 12.0. The summed E-state index contributed by atoms with van der Waals surface area (Å²) in [7, 11) is -3.84. The van der Waals surface area contributed by atoms with Crippen molar-refractivity contribution >= 4 is 21.8 Å². The smallest absolute Gasteiger partial charge is 0.324 e. The first-order valence-electron chi connectivity index (χ1n) is 6.37. The van der Waals surface area contributed by atoms with Crippen LogP contribution in [-0.2, 0) is 19.6 Å². The molecule has 2 heterocycles. The van der Waals surface area contributed by atoms with Crippen LogP contribution in [0.15, 0.2) is 23.2 Å². The second kappa shape index (κ2) is 5.76. The Morgan fingerprint density at radius 2 is 2.35 bits per heavy atom. The molecule has 110 valence electrons. The van der Waals surface area contributed by atoms with Gasteiger partial charge in [-0.2, -0.15) is 4.31 Å². The van der Waals surface area contributed by atoms with E-state index in [1.165, 1.54) is 18.3 Å². The van der Waals surface area contributed by atoms with Gasteiger partial charge in [0.25, 0.3) is 0 Å². The Labute approximate surface area is 117 Å². The second-order valence-corrected chi connectivity index (χ2v) is 6.27. The molecule has 1 aliphatic heterocycles. The molecule has 0 bridgehead atoms. The highest BCUT2D eigenvalue weighted by atomic mass is 32.2. The molecule has 7 nitrogen and oxygen atoms in total. The van der Waals surface area contributed by atoms with Gasteiger partial charge >= 0.3 is 5.97 Å². The molecule has 8 heteroatoms. The van der Waals surface area contributed by atoms with Gasteiger partial charge in [0.2, 0.25) is 10.0 Å². The molecule has 1 atom stereocenters. The minimum absolute atomic E-state index is 0.0676. The molecule has 1 aromatic heterocycles. The quantitative estimate of drug-likeness (QED) is 0.806. The first-order valence-corrected chi connectivity index (χ1v) is 7.81. The molecule has 0 amide bonds. The monoisotopic (exact) mass is 299 g/mol. The highest BCUT2D eigenvalue weighted by Crippen LogP contribution is 2.28. The van der Waals surface area contributed by atoms with Crippen LogP contribution < -0.4 is 5.73 Å². The average molecular weight is 299 g/mol. The normalized spacial score (nSPS) is 19.9. The maximum absolute atomic E-state index is 12.6. The van der Waals surface area contributed by atoms with Crippen molar-refractivity contribution < 1.29 is 17.9 Å². The van der Waals surface area contributed by atoms with Crippen LogP contribution in [0.25, 0.3) is 0 Å². The lowest BCUT2D eigenvalue weighted by molar-refractivity contribution is -0.146. The summed E-state index contributed by atoms with van der Waals surface area (Å²) in [4.78, 5) is 15.5. The molecular formula is C12H17N3O4S. The van der Waals surface area contributed by atoms with Crippen molar-refractivity contribution in [3.05, 3.63) is 18.3 Å². The molecular weight excluding hydrogens is 282 g/mol. The van der Waals surface area contributed by atoms with E-state index in [4.69, 9.17) is 10.5 Å². The van der Waals surface area contributed by atoms with Crippen LogP contribution in [-0.4, -0.2) is 42.9 Å². The van der Waals surface area contributed by atoms with E-state index in [9.17, 15) is 13.2 Å². The molecule has 1 aliphatic rings. The Bertz CT molecular complexity index is 602. The van der Waals surface area contributed by atoms with Gasteiger partial charge in [0.15, 0.2) is 0 Å². The van der Waals surface area contributed by atoms with Crippen LogP contribution in [0.4, 0.5) is 5.82 Å². The lowest BCUT2D eigenvalue weighted by Gasteiger charge is -2.22. The Hall–Kier alpha value is -1.67. The lowest BCUT2D eigenvalue weighted by Crippen LogP contribution is -2.41. The van der Waals surface area contributed by atoms with Crippen molar-refractivity contribution in [2.75, 3.05) is 18.9 Å². The first-order chi connectivity index (χ1) is 9.48. The number of nitrogens with two attached hydrogens (primary N) is 1. The molecule has 0 aromatic carbocycles. The van der Waals surface area contributed by atoms with E-state index >= 15 is 0 Å². The van der Waals surface area contributed by atoms with Crippen molar-refractivity contribution in [1.82, 2.24) is 9.29 Å². The number of anilines is 1. The van der Waals surface area contributed by atoms with Gasteiger partial charge in [-0.25, -0.2) is 13.4 Å². The van der Waals surface area contributed by atoms with E-state index in [-0.39, 0.29) is 23.9 Å². The van der Waals surface area contributed by atoms with Crippen molar-refractivity contribution in [3.63, 3.8) is 0 Å². The molecule has 0 aliphatic carbocycles. The number of nitrogen functional groups attached to an aromatic ring is 1. The number of aromatic nitrogens is 1. The molecule has 20 heavy (non-hydrogen) atoms. The summed E-state index contributed by atoms with van der Waals surface area (Å²) >= 11 is 0. The number of ether oxygens (including phenoxy) is 1. The van der Waals surface area contributed by atoms with Crippen molar-refractivity contribution in [3.8, 4) is 0 Å². The predicted molar refractivity (Wildman–Crippen MR) is 72.2 cm³/mol. The van der Waals surface area contributed by atoms with Crippen molar-refractivity contribution in [2.45, 2.75) is 30.7 Å². The maximum Gasteiger partial charge on any atom is 0.324 e. The third-order valence-corrected chi connectivity index (χ3v) is 5.10. The maximum atomic E-state index is 12.6. The number of sulfonamides is 1. The van der Waals surface area contributed by atoms with Crippen LogP contribution in [0.2, 0.25) is 0 Å². The Balaban J connectivity index is 2.34. The third kappa shape index (κ3) is 2.61. The molecule has 0 radical (unpaired) electrons. The number of carbonyl (C=O) groups is 1. The van der Waals surface area contributed by atoms with Gasteiger partial charge < -0.3 is 10.5 Å². The van der Waals surface area contributed by atoms with Crippen molar-refractivity contribution in [1.29, 1.82) is 0 Å². The Kier molecular flexibility index (Phi) is 4.24. The van der Waals surface area contributed by atoms with E-state index in [1.54, 1.807) is 6.92 Å². The SMILES string of the molecule is CCOC(=O)C1CCCN1S(=O)(=O)c1cccnc1N. The number of esters is 1. The molecule has 1 fully saturated rings. The van der Waals surface area contributed by atoms with Gasteiger partial charge in [0, 0.05) is 12.7 Å². The van der Waals surface area contributed by atoms with Crippen LogP contribution in [0.3, 0.4) is 0 Å². The fourth-order valence-corrected chi connectivity index (χ4v) is 3.97. The highest BCUT2D eigenvalue weighted by molar-refractivity contribution is 7.89. The summed E-state index contributed by atoms with van der Waals surface area (Å²) in [5.41, 5.74) is 5.62. The predicted octanol–water partition coefficient (Wildman–Crippen LogP) is 0.380. The fraction of sp³-hybridized carbons (Fsp3) is 0.500. The average Bonchev–Trinajstić information content (AvgIpc) is 2.89. The topological polar surface area (TPSA) is 103 Å². The van der Waals surface area contributed by atoms with Crippen LogP contribution >= 0.6 is 0 Å². The lowest BCUT2D eigenvalue weighted by atomic mass is 10.2. The van der Waals surface area contributed by atoms with Gasteiger partial charge in [0.05, 0.1) is 6.61 Å². The molecule has 2 N–H and O–H groups in total. The molecule has 1 saturated heterocycles. The molecule has 0 spiro atoms. The minimum atomic E-state index is -3.84. The molecule has 0 saturated carbocycles. The summed E-state index contributed by atoms with van der Waals surface area (Å²) in [6, 6.07) is 2.11. The van der Waals surface area contributed by atoms with Gasteiger partial charge in [-0.05, 0) is 31.9 Å². The van der Waals surface area contributed by atoms with Gasteiger partial charge in [-0.1, -0.05) is 0 Å². The van der Waals surface area contributed by atoms with Gasteiger partial charge in [-0.15, -0.1) is 0 Å². The van der Waals surface area contributed by atoms with Crippen LogP contribution in [0.1, 0.15) is 19.8 Å². The summed E-state index contributed by atoms with van der Waals surface area (Å²) in [5.74, 6) is -0.585. The number of hydrogen-bond acceptors (Lipinski definition) is 6. The number of carbonyl (C=O) groups excluding carboxylic acids is 1. The summed E-state index contributed by atoms with van der Waals surface area (Å²) in [5, 5.41) is 0. The first kappa shape index (κ1) is 14.7. The number of hydrogen-bond donors (Lipinski definition) is 1. The Morgan fingerprint density at radius 3 is 3.00 bits per heavy atom. The minimum Gasteiger partial charge on any atom is -0.465 e. The third-order valence-electron chi connectivity index (χ3n) is 3.15. The summed E-state index contributed by atoms with van der Waals surface area (Å²) in [6.45, 7) is 2.18. The highest BCUT2D eigenvalue weighted by Gasteiger charge is 2.41. The van der Waals surface area contributed by atoms with E-state index in [1.807, 2.05) is 0 Å². The fourth-order valence-electron chi connectivity index (χ4n) is 2.25. The second-order valence-electron chi connectivity index (χ2n) is 4.41. The molecule has 1 unspecified atom stereocenters. The number of pyridine rings is 1. The van der Waals surface area contributed by atoms with Gasteiger partial charge in [-0.3, -0.25) is 4.79 Å². The Morgan fingerprint density at radius 1 is 1.60 bits per heavy atom. The van der Waals surface area contributed by atoms with E-state index in [2.05, 4.69) is 4.98 Å². The molecule has 2 rings (SSSR count). The largest absolute Gasteiger partial charge is 0.465 e. The molecule has 1 aromatic rings. The zero-order valence-electron chi connectivity index (χ0n) is 11.2. The van der Waals surface area contributed by atoms with E-state index in [0.29, 0.717) is 12.8 Å². The van der Waals surface area contributed by atoms with Crippen molar-refractivity contribution in [2.24, 2.45) is 0 Å². The zero-order chi connectivity index (χ0) is 14.8. The van der Waals surface area contributed by atoms with E-state index in [0.717, 1.165) is 4.31 Å². The van der Waals surface area contributed by atoms with Crippen LogP contribution in [0, 0.1) is 0 Å². The summed E-state index contributed by atoms with van der Waals surface area (Å²) < 4.78 is 31.2. The van der Waals surface area contributed by atoms with E-state index < -0.39 is 22.0 Å². The van der Waals surface area contributed by atoms with Gasteiger partial charge in [0.1, 0.15) is 16.8 Å². The summed E-state index contributed by atoms with van der Waals surface area (Å²) in [6.07, 6.45) is 2.49. The number of rotatable bonds is 4. The number of nitrogens with zero attached hydrogens (tertiary/aromatic N) is 2.